The molecule has 0 radical (unpaired) electrons. The number of fused-ring (bicyclic) bond motifs is 1. The van der Waals surface area contributed by atoms with Crippen LogP contribution < -0.4 is 0 Å². The van der Waals surface area contributed by atoms with Gasteiger partial charge in [0.25, 0.3) is 0 Å². The molecule has 0 amide bonds. The van der Waals surface area contributed by atoms with Crippen LogP contribution in [0.25, 0.3) is 11.0 Å². The van der Waals surface area contributed by atoms with E-state index in [4.69, 9.17) is 4.98 Å². The van der Waals surface area contributed by atoms with E-state index in [9.17, 15) is 15.0 Å². The maximum atomic E-state index is 11.2. The van der Waals surface area contributed by atoms with Crippen LogP contribution >= 0.6 is 0 Å². The van der Waals surface area contributed by atoms with Crippen molar-refractivity contribution in [2.75, 3.05) is 6.61 Å². The second kappa shape index (κ2) is 4.84. The summed E-state index contributed by atoms with van der Waals surface area (Å²) in [6.45, 7) is 4.21. The molecule has 2 aromatic rings. The Morgan fingerprint density at radius 1 is 1.43 bits per heavy atom. The smallest absolute Gasteiger partial charge is 0.335 e. The summed E-state index contributed by atoms with van der Waals surface area (Å²) in [5, 5.41) is 18.5. The standard InChI is InChI=1S/C16H20N2O3/c1-16(2,7-8-19)18-13-9-11(15(20)21)5-6-12(13)17-14(18)10-3-4-10/h5-6,9-10,19H,3-4,7-8H2,1-2H3,(H,20,21). The zero-order valence-electron chi connectivity index (χ0n) is 12.3. The Kier molecular flexibility index (Phi) is 3.24. The molecule has 5 heteroatoms. The maximum Gasteiger partial charge on any atom is 0.335 e. The Bertz CT molecular complexity index is 699. The number of imidazole rings is 1. The van der Waals surface area contributed by atoms with Crippen LogP contribution in [0, 0.1) is 0 Å². The molecule has 0 bridgehead atoms. The Morgan fingerprint density at radius 3 is 2.71 bits per heavy atom. The molecule has 0 atom stereocenters. The minimum Gasteiger partial charge on any atom is -0.478 e. The largest absolute Gasteiger partial charge is 0.478 e. The van der Waals surface area contributed by atoms with Crippen molar-refractivity contribution in [3.8, 4) is 0 Å². The van der Waals surface area contributed by atoms with Gasteiger partial charge in [0.1, 0.15) is 5.82 Å². The van der Waals surface area contributed by atoms with E-state index in [1.54, 1.807) is 18.2 Å². The predicted octanol–water partition coefficient (Wildman–Crippen LogP) is 2.73. The number of rotatable bonds is 5. The monoisotopic (exact) mass is 288 g/mol. The van der Waals surface area contributed by atoms with Crippen LogP contribution in [0.4, 0.5) is 0 Å². The summed E-state index contributed by atoms with van der Waals surface area (Å²) in [5.74, 6) is 0.548. The second-order valence-corrected chi connectivity index (χ2v) is 6.37. The molecule has 1 saturated carbocycles. The fraction of sp³-hybridized carbons (Fsp3) is 0.500. The molecule has 0 saturated heterocycles. The number of benzene rings is 1. The average molecular weight is 288 g/mol. The van der Waals surface area contributed by atoms with Gasteiger partial charge in [0.05, 0.1) is 16.6 Å². The highest BCUT2D eigenvalue weighted by Gasteiger charge is 2.34. The summed E-state index contributed by atoms with van der Waals surface area (Å²) in [6.07, 6.45) is 2.87. The zero-order chi connectivity index (χ0) is 15.2. The van der Waals surface area contributed by atoms with Gasteiger partial charge >= 0.3 is 5.97 Å². The van der Waals surface area contributed by atoms with E-state index in [0.29, 0.717) is 12.3 Å². The normalized spacial score (nSPS) is 15.6. The number of aromatic nitrogens is 2. The summed E-state index contributed by atoms with van der Waals surface area (Å²) in [7, 11) is 0. The first-order chi connectivity index (χ1) is 9.94. The molecule has 112 valence electrons. The van der Waals surface area contributed by atoms with E-state index in [1.807, 2.05) is 0 Å². The van der Waals surface area contributed by atoms with Crippen molar-refractivity contribution in [3.63, 3.8) is 0 Å². The molecule has 0 spiro atoms. The van der Waals surface area contributed by atoms with Crippen LogP contribution in [-0.2, 0) is 5.54 Å². The molecule has 1 aromatic carbocycles. The molecule has 1 aliphatic carbocycles. The highest BCUT2D eigenvalue weighted by Crippen LogP contribution is 2.43. The van der Waals surface area contributed by atoms with Gasteiger partial charge in [0.15, 0.2) is 0 Å². The van der Waals surface area contributed by atoms with Crippen LogP contribution in [0.2, 0.25) is 0 Å². The molecular formula is C16H20N2O3. The molecule has 1 heterocycles. The molecule has 0 unspecified atom stereocenters. The Hall–Kier alpha value is -1.88. The van der Waals surface area contributed by atoms with E-state index in [0.717, 1.165) is 29.7 Å². The van der Waals surface area contributed by atoms with Crippen molar-refractivity contribution in [1.29, 1.82) is 0 Å². The molecule has 1 aliphatic rings. The number of nitrogens with zero attached hydrogens (tertiary/aromatic N) is 2. The lowest BCUT2D eigenvalue weighted by atomic mass is 9.99. The molecular weight excluding hydrogens is 268 g/mol. The summed E-state index contributed by atoms with van der Waals surface area (Å²) >= 11 is 0. The number of aliphatic hydroxyl groups is 1. The fourth-order valence-electron chi connectivity index (χ4n) is 2.86. The van der Waals surface area contributed by atoms with Crippen LogP contribution in [0.5, 0.6) is 0 Å². The van der Waals surface area contributed by atoms with E-state index >= 15 is 0 Å². The van der Waals surface area contributed by atoms with Gasteiger partial charge in [0.2, 0.25) is 0 Å². The number of carboxylic acids is 1. The quantitative estimate of drug-likeness (QED) is 0.887. The Balaban J connectivity index is 2.24. The van der Waals surface area contributed by atoms with Crippen LogP contribution in [-0.4, -0.2) is 32.3 Å². The van der Waals surface area contributed by atoms with Gasteiger partial charge in [0, 0.05) is 18.1 Å². The van der Waals surface area contributed by atoms with E-state index in [-0.39, 0.29) is 17.7 Å². The van der Waals surface area contributed by atoms with E-state index in [2.05, 4.69) is 18.4 Å². The van der Waals surface area contributed by atoms with Crippen molar-refractivity contribution in [1.82, 2.24) is 9.55 Å². The summed E-state index contributed by atoms with van der Waals surface area (Å²) < 4.78 is 2.13. The number of carbonyl (C=O) groups is 1. The first-order valence-corrected chi connectivity index (χ1v) is 7.31. The molecule has 3 rings (SSSR count). The molecule has 2 N–H and O–H groups in total. The SMILES string of the molecule is CC(C)(CCO)n1c(C2CC2)nc2ccc(C(=O)O)cc21. The summed E-state index contributed by atoms with van der Waals surface area (Å²) in [5.41, 5.74) is 1.65. The highest BCUT2D eigenvalue weighted by atomic mass is 16.4. The molecule has 21 heavy (non-hydrogen) atoms. The van der Waals surface area contributed by atoms with Gasteiger partial charge in [-0.2, -0.15) is 0 Å². The topological polar surface area (TPSA) is 75.3 Å². The lowest BCUT2D eigenvalue weighted by molar-refractivity contribution is 0.0697. The third kappa shape index (κ3) is 2.42. The first kappa shape index (κ1) is 14.1. The van der Waals surface area contributed by atoms with Crippen molar-refractivity contribution < 1.29 is 15.0 Å². The number of hydrogen-bond donors (Lipinski definition) is 2. The Labute approximate surface area is 123 Å². The highest BCUT2D eigenvalue weighted by molar-refractivity contribution is 5.92. The lowest BCUT2D eigenvalue weighted by Crippen LogP contribution is -2.29. The van der Waals surface area contributed by atoms with Gasteiger partial charge in [-0.15, -0.1) is 0 Å². The minimum atomic E-state index is -0.933. The molecule has 0 aliphatic heterocycles. The van der Waals surface area contributed by atoms with Crippen molar-refractivity contribution in [3.05, 3.63) is 29.6 Å². The molecule has 1 aromatic heterocycles. The number of hydrogen-bond acceptors (Lipinski definition) is 3. The zero-order valence-corrected chi connectivity index (χ0v) is 12.3. The van der Waals surface area contributed by atoms with E-state index in [1.165, 1.54) is 0 Å². The minimum absolute atomic E-state index is 0.0927. The number of aliphatic hydroxyl groups excluding tert-OH is 1. The maximum absolute atomic E-state index is 11.2. The second-order valence-electron chi connectivity index (χ2n) is 6.37. The molecule has 1 fully saturated rings. The Morgan fingerprint density at radius 2 is 2.14 bits per heavy atom. The van der Waals surface area contributed by atoms with E-state index < -0.39 is 5.97 Å². The van der Waals surface area contributed by atoms with Crippen LogP contribution in [0.3, 0.4) is 0 Å². The third-order valence-electron chi connectivity index (χ3n) is 4.20. The fourth-order valence-corrected chi connectivity index (χ4v) is 2.86. The lowest BCUT2D eigenvalue weighted by Gasteiger charge is -2.29. The molecule has 5 nitrogen and oxygen atoms in total. The predicted molar refractivity (Wildman–Crippen MR) is 79.7 cm³/mol. The van der Waals surface area contributed by atoms with Crippen molar-refractivity contribution in [2.24, 2.45) is 0 Å². The van der Waals surface area contributed by atoms with Gasteiger partial charge in [-0.25, -0.2) is 9.78 Å². The number of aromatic carboxylic acids is 1. The summed E-state index contributed by atoms with van der Waals surface area (Å²) in [4.78, 5) is 15.9. The van der Waals surface area contributed by atoms with Crippen LogP contribution in [0.15, 0.2) is 18.2 Å². The third-order valence-corrected chi connectivity index (χ3v) is 4.20. The van der Waals surface area contributed by atoms with Gasteiger partial charge in [-0.1, -0.05) is 0 Å². The summed E-state index contributed by atoms with van der Waals surface area (Å²) in [6, 6.07) is 5.06. The first-order valence-electron chi connectivity index (χ1n) is 7.31. The van der Waals surface area contributed by atoms with Gasteiger partial charge < -0.3 is 14.8 Å². The van der Waals surface area contributed by atoms with Gasteiger partial charge in [-0.3, -0.25) is 0 Å². The van der Waals surface area contributed by atoms with Gasteiger partial charge in [-0.05, 0) is 51.3 Å². The average Bonchev–Trinajstić information content (AvgIpc) is 3.17. The number of carboxylic acid groups (broad SMARTS) is 1. The van der Waals surface area contributed by atoms with Crippen LogP contribution in [0.1, 0.15) is 55.2 Å². The van der Waals surface area contributed by atoms with Crippen molar-refractivity contribution >= 4 is 17.0 Å². The van der Waals surface area contributed by atoms with Crippen molar-refractivity contribution in [2.45, 2.75) is 44.6 Å².